The van der Waals surface area contributed by atoms with Gasteiger partial charge in [-0.2, -0.15) is 0 Å². The first-order chi connectivity index (χ1) is 10.0. The van der Waals surface area contributed by atoms with Gasteiger partial charge in [-0.15, -0.1) is 0 Å². The number of thiocarbonyl (C=S) groups is 1. The average molecular weight is 362 g/mol. The lowest BCUT2D eigenvalue weighted by Gasteiger charge is -2.13. The van der Waals surface area contributed by atoms with Gasteiger partial charge in [0.25, 0.3) is 0 Å². The minimum absolute atomic E-state index is 0.380. The van der Waals surface area contributed by atoms with Gasteiger partial charge >= 0.3 is 0 Å². The van der Waals surface area contributed by atoms with E-state index >= 15 is 0 Å². The third kappa shape index (κ3) is 2.94. The minimum Gasteiger partial charge on any atom is -0.389 e. The predicted molar refractivity (Wildman–Crippen MR) is 94.3 cm³/mol. The summed E-state index contributed by atoms with van der Waals surface area (Å²) >= 11 is 8.72. The van der Waals surface area contributed by atoms with Crippen LogP contribution in [0.2, 0.25) is 0 Å². The Balaban J connectivity index is 2.01. The molecule has 3 nitrogen and oxygen atoms in total. The van der Waals surface area contributed by atoms with Gasteiger partial charge in [-0.1, -0.05) is 34.2 Å². The van der Waals surface area contributed by atoms with Crippen LogP contribution in [0.4, 0.5) is 11.5 Å². The molecule has 0 spiro atoms. The van der Waals surface area contributed by atoms with E-state index in [9.17, 15) is 0 Å². The second-order valence-corrected chi connectivity index (χ2v) is 6.59. The summed E-state index contributed by atoms with van der Waals surface area (Å²) in [4.78, 5) is 5.11. The number of benzene rings is 1. The predicted octanol–water partition coefficient (Wildman–Crippen LogP) is 4.02. The smallest absolute Gasteiger partial charge is 0.140 e. The van der Waals surface area contributed by atoms with Crippen molar-refractivity contribution in [2.75, 3.05) is 5.32 Å². The molecule has 1 aromatic carbocycles. The average Bonchev–Trinajstić information content (AvgIpc) is 2.89. The molecule has 0 radical (unpaired) electrons. The third-order valence-corrected chi connectivity index (χ3v) is 4.83. The Morgan fingerprint density at radius 2 is 2.14 bits per heavy atom. The van der Waals surface area contributed by atoms with Gasteiger partial charge in [0.05, 0.1) is 5.56 Å². The molecule has 1 aromatic heterocycles. The van der Waals surface area contributed by atoms with Gasteiger partial charge in [-0.3, -0.25) is 0 Å². The lowest BCUT2D eigenvalue weighted by Crippen LogP contribution is -2.14. The third-order valence-electron chi connectivity index (χ3n) is 3.75. The lowest BCUT2D eigenvalue weighted by molar-refractivity contribution is 0.900. The maximum absolute atomic E-state index is 5.86. The first-order valence-electron chi connectivity index (χ1n) is 6.90. The monoisotopic (exact) mass is 361 g/mol. The highest BCUT2D eigenvalue weighted by atomic mass is 79.9. The molecule has 0 atom stereocenters. The second-order valence-electron chi connectivity index (χ2n) is 5.30. The van der Waals surface area contributed by atoms with E-state index in [-0.39, 0.29) is 0 Å². The minimum atomic E-state index is 0.380. The SMILES string of the molecule is Cc1ccc(Nc2nc3c(cc2C(N)=S)CCC3)cc1Br. The number of rotatable bonds is 3. The van der Waals surface area contributed by atoms with E-state index in [1.54, 1.807) is 0 Å². The molecule has 0 bridgehead atoms. The second kappa shape index (κ2) is 5.73. The summed E-state index contributed by atoms with van der Waals surface area (Å²) in [5.74, 6) is 0.749. The van der Waals surface area contributed by atoms with Gasteiger partial charge in [0.15, 0.2) is 0 Å². The standard InChI is InChI=1S/C16H16BrN3S/c1-9-5-6-11(8-13(9)17)19-16-12(15(18)21)7-10-3-2-4-14(10)20-16/h5-8H,2-4H2,1H3,(H2,18,21)(H,19,20). The Labute approximate surface area is 138 Å². The molecule has 21 heavy (non-hydrogen) atoms. The normalized spacial score (nSPS) is 13.0. The number of pyridine rings is 1. The number of nitrogens with one attached hydrogen (secondary N) is 1. The fourth-order valence-electron chi connectivity index (χ4n) is 2.56. The number of nitrogens with two attached hydrogens (primary N) is 1. The van der Waals surface area contributed by atoms with Crippen LogP contribution in [0.3, 0.4) is 0 Å². The Morgan fingerprint density at radius 1 is 1.33 bits per heavy atom. The van der Waals surface area contributed by atoms with Gasteiger partial charge in [0.2, 0.25) is 0 Å². The van der Waals surface area contributed by atoms with Crippen molar-refractivity contribution in [1.29, 1.82) is 0 Å². The van der Waals surface area contributed by atoms with Crippen molar-refractivity contribution in [1.82, 2.24) is 4.98 Å². The molecule has 0 saturated carbocycles. The summed E-state index contributed by atoms with van der Waals surface area (Å²) in [6.45, 7) is 2.06. The molecule has 1 aliphatic carbocycles. The summed E-state index contributed by atoms with van der Waals surface area (Å²) in [5.41, 5.74) is 11.3. The molecule has 0 aliphatic heterocycles. The Hall–Kier alpha value is -1.46. The van der Waals surface area contributed by atoms with Gasteiger partial charge in [0, 0.05) is 15.9 Å². The van der Waals surface area contributed by atoms with Crippen molar-refractivity contribution in [3.63, 3.8) is 0 Å². The number of hydrogen-bond donors (Lipinski definition) is 2. The number of hydrogen-bond acceptors (Lipinski definition) is 3. The van der Waals surface area contributed by atoms with Crippen molar-refractivity contribution in [3.8, 4) is 0 Å². The molecule has 5 heteroatoms. The molecule has 1 aliphatic rings. The summed E-state index contributed by atoms with van der Waals surface area (Å²) in [7, 11) is 0. The van der Waals surface area contributed by atoms with E-state index in [4.69, 9.17) is 22.9 Å². The number of nitrogens with zero attached hydrogens (tertiary/aromatic N) is 1. The van der Waals surface area contributed by atoms with Crippen LogP contribution in [-0.2, 0) is 12.8 Å². The molecular weight excluding hydrogens is 346 g/mol. The van der Waals surface area contributed by atoms with Crippen molar-refractivity contribution >= 4 is 44.6 Å². The number of fused-ring (bicyclic) bond motifs is 1. The first kappa shape index (κ1) is 14.5. The molecule has 0 unspecified atom stereocenters. The van der Waals surface area contributed by atoms with E-state index < -0.39 is 0 Å². The van der Waals surface area contributed by atoms with Crippen LogP contribution in [0.1, 0.15) is 28.8 Å². The topological polar surface area (TPSA) is 50.9 Å². The zero-order valence-electron chi connectivity index (χ0n) is 11.7. The Morgan fingerprint density at radius 3 is 2.86 bits per heavy atom. The number of aromatic nitrogens is 1. The van der Waals surface area contributed by atoms with E-state index in [0.717, 1.165) is 46.5 Å². The molecule has 0 saturated heterocycles. The Bertz CT molecular complexity index is 728. The van der Waals surface area contributed by atoms with Crippen LogP contribution in [0, 0.1) is 6.92 Å². The van der Waals surface area contributed by atoms with E-state index in [1.165, 1.54) is 11.1 Å². The van der Waals surface area contributed by atoms with E-state index in [0.29, 0.717) is 4.99 Å². The molecule has 2 aromatic rings. The van der Waals surface area contributed by atoms with Crippen LogP contribution in [0.15, 0.2) is 28.7 Å². The molecule has 3 N–H and O–H groups in total. The van der Waals surface area contributed by atoms with E-state index in [2.05, 4.69) is 40.3 Å². The zero-order valence-corrected chi connectivity index (χ0v) is 14.1. The van der Waals surface area contributed by atoms with Crippen LogP contribution >= 0.6 is 28.1 Å². The number of aryl methyl sites for hydroxylation is 3. The maximum Gasteiger partial charge on any atom is 0.140 e. The summed E-state index contributed by atoms with van der Waals surface area (Å²) in [6.07, 6.45) is 3.24. The molecular formula is C16H16BrN3S. The molecule has 0 amide bonds. The Kier molecular flexibility index (Phi) is 3.95. The van der Waals surface area contributed by atoms with Gasteiger partial charge in [-0.25, -0.2) is 4.98 Å². The van der Waals surface area contributed by atoms with Crippen LogP contribution < -0.4 is 11.1 Å². The van der Waals surface area contributed by atoms with Crippen LogP contribution in [0.25, 0.3) is 0 Å². The molecule has 108 valence electrons. The molecule has 3 rings (SSSR count). The van der Waals surface area contributed by atoms with Crippen LogP contribution in [0.5, 0.6) is 0 Å². The van der Waals surface area contributed by atoms with E-state index in [1.807, 2.05) is 12.1 Å². The van der Waals surface area contributed by atoms with Crippen LogP contribution in [-0.4, -0.2) is 9.97 Å². The highest BCUT2D eigenvalue weighted by Crippen LogP contribution is 2.28. The fraction of sp³-hybridized carbons (Fsp3) is 0.250. The lowest BCUT2D eigenvalue weighted by atomic mass is 10.1. The first-order valence-corrected chi connectivity index (χ1v) is 8.10. The fourth-order valence-corrected chi connectivity index (χ4v) is 3.10. The largest absolute Gasteiger partial charge is 0.389 e. The van der Waals surface area contributed by atoms with Crippen molar-refractivity contribution in [2.24, 2.45) is 5.73 Å². The number of halogens is 1. The van der Waals surface area contributed by atoms with Crippen molar-refractivity contribution < 1.29 is 0 Å². The van der Waals surface area contributed by atoms with Gasteiger partial charge < -0.3 is 11.1 Å². The quantitative estimate of drug-likeness (QED) is 0.810. The molecule has 1 heterocycles. The highest BCUT2D eigenvalue weighted by Gasteiger charge is 2.17. The van der Waals surface area contributed by atoms with Crippen molar-refractivity contribution in [2.45, 2.75) is 26.2 Å². The summed E-state index contributed by atoms with van der Waals surface area (Å²) in [6, 6.07) is 8.20. The summed E-state index contributed by atoms with van der Waals surface area (Å²) in [5, 5.41) is 3.34. The van der Waals surface area contributed by atoms with Gasteiger partial charge in [-0.05, 0) is 55.5 Å². The van der Waals surface area contributed by atoms with Gasteiger partial charge in [0.1, 0.15) is 10.8 Å². The maximum atomic E-state index is 5.86. The zero-order chi connectivity index (χ0) is 15.0. The summed E-state index contributed by atoms with van der Waals surface area (Å²) < 4.78 is 1.06. The van der Waals surface area contributed by atoms with Crippen molar-refractivity contribution in [3.05, 3.63) is 51.1 Å². The number of anilines is 2. The molecule has 0 fully saturated rings. The highest BCUT2D eigenvalue weighted by molar-refractivity contribution is 9.10.